The van der Waals surface area contributed by atoms with Crippen molar-refractivity contribution in [2.45, 2.75) is 20.8 Å². The van der Waals surface area contributed by atoms with Crippen molar-refractivity contribution in [1.82, 2.24) is 4.90 Å². The molecule has 0 spiro atoms. The molecule has 0 aromatic carbocycles. The van der Waals surface area contributed by atoms with Crippen molar-refractivity contribution < 1.29 is 9.53 Å². The predicted octanol–water partition coefficient (Wildman–Crippen LogP) is 1.69. The topological polar surface area (TPSA) is 29.5 Å². The molecule has 0 heterocycles. The number of carbonyl (C=O) groups is 1. The number of hydrogen-bond acceptors (Lipinski definition) is 2. The molecule has 0 N–H and O–H groups in total. The van der Waals surface area contributed by atoms with E-state index < -0.39 is 0 Å². The highest BCUT2D eigenvalue weighted by atomic mass is 16.5. The van der Waals surface area contributed by atoms with Gasteiger partial charge < -0.3 is 9.64 Å². The quantitative estimate of drug-likeness (QED) is 0.609. The van der Waals surface area contributed by atoms with Gasteiger partial charge in [0.25, 0.3) is 0 Å². The van der Waals surface area contributed by atoms with Crippen LogP contribution >= 0.6 is 0 Å². The van der Waals surface area contributed by atoms with E-state index in [9.17, 15) is 4.79 Å². The maximum Gasteiger partial charge on any atom is 0.246 e. The molecule has 0 aromatic heterocycles. The first-order chi connectivity index (χ1) is 6.61. The monoisotopic (exact) mass is 199 g/mol. The first-order valence-electron chi connectivity index (χ1n) is 5.07. The predicted molar refractivity (Wildman–Crippen MR) is 58.1 cm³/mol. The summed E-state index contributed by atoms with van der Waals surface area (Å²) in [5.41, 5.74) is 0. The van der Waals surface area contributed by atoms with Crippen LogP contribution in [0.2, 0.25) is 0 Å². The van der Waals surface area contributed by atoms with E-state index >= 15 is 0 Å². The summed E-state index contributed by atoms with van der Waals surface area (Å²) in [5, 5.41) is 0. The van der Waals surface area contributed by atoms with Gasteiger partial charge in [0.2, 0.25) is 5.91 Å². The van der Waals surface area contributed by atoms with Crippen LogP contribution in [0.15, 0.2) is 12.2 Å². The molecular formula is C11H21NO2. The first kappa shape index (κ1) is 13.2. The molecule has 0 saturated carbocycles. The van der Waals surface area contributed by atoms with Gasteiger partial charge in [0, 0.05) is 20.2 Å². The van der Waals surface area contributed by atoms with Crippen molar-refractivity contribution in [2.24, 2.45) is 5.92 Å². The third-order valence-corrected chi connectivity index (χ3v) is 1.88. The number of nitrogens with zero attached hydrogens (tertiary/aromatic N) is 1. The van der Waals surface area contributed by atoms with Gasteiger partial charge in [-0.2, -0.15) is 0 Å². The molecule has 14 heavy (non-hydrogen) atoms. The van der Waals surface area contributed by atoms with Gasteiger partial charge in [-0.25, -0.2) is 0 Å². The van der Waals surface area contributed by atoms with Crippen LogP contribution in [0.4, 0.5) is 0 Å². The lowest BCUT2D eigenvalue weighted by Crippen LogP contribution is -2.32. The minimum Gasteiger partial charge on any atom is -0.383 e. The fourth-order valence-electron chi connectivity index (χ4n) is 1.01. The van der Waals surface area contributed by atoms with Crippen LogP contribution in [0, 0.1) is 5.92 Å². The number of amides is 1. The van der Waals surface area contributed by atoms with Gasteiger partial charge in [0.1, 0.15) is 0 Å². The number of hydrogen-bond donors (Lipinski definition) is 0. The zero-order valence-corrected chi connectivity index (χ0v) is 9.62. The van der Waals surface area contributed by atoms with Crippen molar-refractivity contribution in [2.75, 3.05) is 26.8 Å². The molecule has 0 fully saturated rings. The summed E-state index contributed by atoms with van der Waals surface area (Å²) < 4.78 is 4.93. The number of likely N-dealkylation sites (N-methyl/N-ethyl adjacent to an activating group) is 1. The average molecular weight is 199 g/mol. The Morgan fingerprint density at radius 3 is 2.57 bits per heavy atom. The SMILES string of the molecule is CCN(CCOC)C(=O)/C=C/C(C)C. The summed E-state index contributed by atoms with van der Waals surface area (Å²) in [6.45, 7) is 8.05. The maximum atomic E-state index is 11.6. The van der Waals surface area contributed by atoms with Gasteiger partial charge in [-0.15, -0.1) is 0 Å². The van der Waals surface area contributed by atoms with Crippen molar-refractivity contribution >= 4 is 5.91 Å². The molecule has 0 aliphatic heterocycles. The minimum atomic E-state index is 0.0678. The molecular weight excluding hydrogens is 178 g/mol. The smallest absolute Gasteiger partial charge is 0.246 e. The van der Waals surface area contributed by atoms with E-state index in [1.165, 1.54) is 0 Å². The van der Waals surface area contributed by atoms with Gasteiger partial charge in [0.15, 0.2) is 0 Å². The number of methoxy groups -OCH3 is 1. The second-order valence-corrected chi connectivity index (χ2v) is 3.51. The van der Waals surface area contributed by atoms with Crippen molar-refractivity contribution in [3.63, 3.8) is 0 Å². The van der Waals surface area contributed by atoms with E-state index in [2.05, 4.69) is 13.8 Å². The lowest BCUT2D eigenvalue weighted by Gasteiger charge is -2.18. The summed E-state index contributed by atoms with van der Waals surface area (Å²) in [7, 11) is 1.64. The van der Waals surface area contributed by atoms with Crippen LogP contribution in [0.5, 0.6) is 0 Å². The van der Waals surface area contributed by atoms with Crippen LogP contribution in [-0.2, 0) is 9.53 Å². The first-order valence-corrected chi connectivity index (χ1v) is 5.07. The van der Waals surface area contributed by atoms with Crippen molar-refractivity contribution in [1.29, 1.82) is 0 Å². The molecule has 0 aromatic rings. The second kappa shape index (κ2) is 7.56. The van der Waals surface area contributed by atoms with E-state index in [0.717, 1.165) is 6.54 Å². The lowest BCUT2D eigenvalue weighted by molar-refractivity contribution is -0.126. The highest BCUT2D eigenvalue weighted by Gasteiger charge is 2.06. The Morgan fingerprint density at radius 1 is 1.50 bits per heavy atom. The summed E-state index contributed by atoms with van der Waals surface area (Å²) in [4.78, 5) is 13.3. The molecule has 0 atom stereocenters. The van der Waals surface area contributed by atoms with E-state index in [-0.39, 0.29) is 5.91 Å². The molecule has 0 aliphatic rings. The Labute approximate surface area is 86.7 Å². The second-order valence-electron chi connectivity index (χ2n) is 3.51. The Hall–Kier alpha value is -0.830. The average Bonchev–Trinajstić information content (AvgIpc) is 2.16. The summed E-state index contributed by atoms with van der Waals surface area (Å²) in [5.74, 6) is 0.485. The van der Waals surface area contributed by atoms with Gasteiger partial charge in [-0.3, -0.25) is 4.79 Å². The Kier molecular flexibility index (Phi) is 7.11. The van der Waals surface area contributed by atoms with Gasteiger partial charge in [0.05, 0.1) is 6.61 Å². The van der Waals surface area contributed by atoms with Gasteiger partial charge in [-0.1, -0.05) is 19.9 Å². The normalized spacial score (nSPS) is 11.2. The molecule has 0 rings (SSSR count). The highest BCUT2D eigenvalue weighted by Crippen LogP contribution is 1.97. The fraction of sp³-hybridized carbons (Fsp3) is 0.727. The number of allylic oxidation sites excluding steroid dienone is 1. The van der Waals surface area contributed by atoms with E-state index in [0.29, 0.717) is 19.1 Å². The van der Waals surface area contributed by atoms with Gasteiger partial charge in [-0.05, 0) is 18.9 Å². The Bertz CT molecular complexity index is 188. The highest BCUT2D eigenvalue weighted by molar-refractivity contribution is 5.87. The van der Waals surface area contributed by atoms with Crippen molar-refractivity contribution in [3.05, 3.63) is 12.2 Å². The van der Waals surface area contributed by atoms with Crippen LogP contribution in [0.3, 0.4) is 0 Å². The van der Waals surface area contributed by atoms with Crippen LogP contribution in [0.1, 0.15) is 20.8 Å². The zero-order chi connectivity index (χ0) is 11.0. The van der Waals surface area contributed by atoms with Crippen LogP contribution in [0.25, 0.3) is 0 Å². The Balaban J connectivity index is 4.03. The fourth-order valence-corrected chi connectivity index (χ4v) is 1.01. The third-order valence-electron chi connectivity index (χ3n) is 1.88. The molecule has 3 nitrogen and oxygen atoms in total. The van der Waals surface area contributed by atoms with Crippen LogP contribution < -0.4 is 0 Å². The van der Waals surface area contributed by atoms with E-state index in [1.54, 1.807) is 18.1 Å². The third kappa shape index (κ3) is 5.75. The summed E-state index contributed by atoms with van der Waals surface area (Å²) >= 11 is 0. The molecule has 0 bridgehead atoms. The van der Waals surface area contributed by atoms with E-state index in [4.69, 9.17) is 4.74 Å². The molecule has 0 radical (unpaired) electrons. The molecule has 0 unspecified atom stereocenters. The molecule has 0 saturated heterocycles. The molecule has 0 aliphatic carbocycles. The molecule has 1 amide bonds. The number of carbonyl (C=O) groups excluding carboxylic acids is 1. The lowest BCUT2D eigenvalue weighted by atomic mass is 10.2. The largest absolute Gasteiger partial charge is 0.383 e. The number of ether oxygens (including phenoxy) is 1. The number of rotatable bonds is 6. The summed E-state index contributed by atoms with van der Waals surface area (Å²) in [6, 6.07) is 0. The standard InChI is InChI=1S/C11H21NO2/c1-5-12(8-9-14-4)11(13)7-6-10(2)3/h6-7,10H,5,8-9H2,1-4H3/b7-6+. The van der Waals surface area contributed by atoms with Crippen molar-refractivity contribution in [3.8, 4) is 0 Å². The zero-order valence-electron chi connectivity index (χ0n) is 9.62. The summed E-state index contributed by atoms with van der Waals surface area (Å²) in [6.07, 6.45) is 3.56. The molecule has 3 heteroatoms. The minimum absolute atomic E-state index is 0.0678. The van der Waals surface area contributed by atoms with Crippen LogP contribution in [-0.4, -0.2) is 37.6 Å². The molecule has 82 valence electrons. The Morgan fingerprint density at radius 2 is 2.14 bits per heavy atom. The van der Waals surface area contributed by atoms with Gasteiger partial charge >= 0.3 is 0 Å². The van der Waals surface area contributed by atoms with E-state index in [1.807, 2.05) is 13.0 Å². The maximum absolute atomic E-state index is 11.6.